The summed E-state index contributed by atoms with van der Waals surface area (Å²) < 4.78 is 5.72. The molecule has 5 heteroatoms. The molecule has 0 unspecified atom stereocenters. The highest BCUT2D eigenvalue weighted by Crippen LogP contribution is 2.20. The molecule has 0 saturated heterocycles. The van der Waals surface area contributed by atoms with Crippen molar-refractivity contribution in [2.45, 2.75) is 6.42 Å². The minimum Gasteiger partial charge on any atom is -0.493 e. The number of aromatic amines is 1. The number of non-ortho nitro benzene ring substituents is 1. The largest absolute Gasteiger partial charge is 0.493 e. The van der Waals surface area contributed by atoms with E-state index in [1.165, 1.54) is 12.1 Å². The van der Waals surface area contributed by atoms with Crippen LogP contribution in [0.4, 0.5) is 5.69 Å². The van der Waals surface area contributed by atoms with Gasteiger partial charge >= 0.3 is 0 Å². The van der Waals surface area contributed by atoms with Crippen LogP contribution in [-0.2, 0) is 6.42 Å². The fourth-order valence-corrected chi connectivity index (χ4v) is 2.19. The molecule has 3 rings (SSSR count). The number of nitrogens with one attached hydrogen (secondary N) is 1. The lowest BCUT2D eigenvalue weighted by Gasteiger charge is -2.06. The molecular formula is C16H14N2O3. The molecule has 0 bridgehead atoms. The molecule has 2 aromatic carbocycles. The molecule has 0 fully saturated rings. The molecule has 106 valence electrons. The van der Waals surface area contributed by atoms with Crippen molar-refractivity contribution >= 4 is 16.6 Å². The lowest BCUT2D eigenvalue weighted by Crippen LogP contribution is -2.01. The Bertz CT molecular complexity index is 763. The molecule has 1 N–H and O–H groups in total. The van der Waals surface area contributed by atoms with Crippen LogP contribution in [0.3, 0.4) is 0 Å². The van der Waals surface area contributed by atoms with E-state index in [-0.39, 0.29) is 5.69 Å². The van der Waals surface area contributed by atoms with Crippen molar-refractivity contribution in [3.05, 3.63) is 70.4 Å². The molecule has 21 heavy (non-hydrogen) atoms. The number of hydrogen-bond acceptors (Lipinski definition) is 3. The zero-order valence-corrected chi connectivity index (χ0v) is 11.3. The molecule has 0 atom stereocenters. The highest BCUT2D eigenvalue weighted by Gasteiger charge is 2.04. The van der Waals surface area contributed by atoms with Gasteiger partial charge in [-0.2, -0.15) is 0 Å². The van der Waals surface area contributed by atoms with Gasteiger partial charge in [-0.3, -0.25) is 10.1 Å². The highest BCUT2D eigenvalue weighted by molar-refractivity contribution is 5.80. The Morgan fingerprint density at radius 2 is 1.90 bits per heavy atom. The number of nitro groups is 1. The number of aromatic nitrogens is 1. The van der Waals surface area contributed by atoms with Gasteiger partial charge in [0.1, 0.15) is 5.75 Å². The molecule has 0 aliphatic heterocycles. The van der Waals surface area contributed by atoms with Gasteiger partial charge in [0.05, 0.1) is 11.5 Å². The van der Waals surface area contributed by atoms with Crippen LogP contribution in [0.25, 0.3) is 10.9 Å². The van der Waals surface area contributed by atoms with Gasteiger partial charge in [-0.1, -0.05) is 12.1 Å². The Hall–Kier alpha value is -2.82. The van der Waals surface area contributed by atoms with Crippen molar-refractivity contribution in [2.75, 3.05) is 6.61 Å². The van der Waals surface area contributed by atoms with Gasteiger partial charge in [-0.15, -0.1) is 0 Å². The van der Waals surface area contributed by atoms with Gasteiger partial charge in [0.15, 0.2) is 0 Å². The highest BCUT2D eigenvalue weighted by atomic mass is 16.6. The maximum atomic E-state index is 10.6. The van der Waals surface area contributed by atoms with E-state index in [0.29, 0.717) is 13.0 Å². The van der Waals surface area contributed by atoms with Gasteiger partial charge in [0.25, 0.3) is 5.69 Å². The number of nitro benzene ring substituents is 1. The zero-order chi connectivity index (χ0) is 14.7. The van der Waals surface area contributed by atoms with E-state index in [0.717, 1.165) is 22.2 Å². The fraction of sp³-hybridized carbons (Fsp3) is 0.125. The quantitative estimate of drug-likeness (QED) is 0.573. The number of fused-ring (bicyclic) bond motifs is 1. The summed E-state index contributed by atoms with van der Waals surface area (Å²) in [6.45, 7) is 0.535. The SMILES string of the molecule is O=[N+]([O-])c1ccc(CCOc2ccc3[nH]ccc3c2)cc1. The molecule has 0 aliphatic rings. The average Bonchev–Trinajstić information content (AvgIpc) is 2.95. The zero-order valence-electron chi connectivity index (χ0n) is 11.3. The monoisotopic (exact) mass is 282 g/mol. The predicted molar refractivity (Wildman–Crippen MR) is 80.6 cm³/mol. The molecule has 3 aromatic rings. The van der Waals surface area contributed by atoms with E-state index in [9.17, 15) is 10.1 Å². The van der Waals surface area contributed by atoms with Gasteiger partial charge < -0.3 is 9.72 Å². The summed E-state index contributed by atoms with van der Waals surface area (Å²) in [6.07, 6.45) is 2.61. The number of benzene rings is 2. The van der Waals surface area contributed by atoms with Crippen molar-refractivity contribution in [1.29, 1.82) is 0 Å². The first-order valence-corrected chi connectivity index (χ1v) is 6.66. The third-order valence-electron chi connectivity index (χ3n) is 3.33. The van der Waals surface area contributed by atoms with Crippen molar-refractivity contribution < 1.29 is 9.66 Å². The third-order valence-corrected chi connectivity index (χ3v) is 3.33. The van der Waals surface area contributed by atoms with E-state index in [1.807, 2.05) is 30.5 Å². The molecule has 5 nitrogen and oxygen atoms in total. The summed E-state index contributed by atoms with van der Waals surface area (Å²) in [4.78, 5) is 13.3. The molecule has 0 radical (unpaired) electrons. The Morgan fingerprint density at radius 3 is 2.67 bits per heavy atom. The van der Waals surface area contributed by atoms with E-state index < -0.39 is 4.92 Å². The van der Waals surface area contributed by atoms with Crippen LogP contribution in [0.2, 0.25) is 0 Å². The van der Waals surface area contributed by atoms with E-state index in [2.05, 4.69) is 4.98 Å². The first-order valence-electron chi connectivity index (χ1n) is 6.66. The van der Waals surface area contributed by atoms with Crippen molar-refractivity contribution in [1.82, 2.24) is 4.98 Å². The van der Waals surface area contributed by atoms with Gasteiger partial charge in [-0.05, 0) is 29.8 Å². The van der Waals surface area contributed by atoms with Crippen LogP contribution < -0.4 is 4.74 Å². The lowest BCUT2D eigenvalue weighted by molar-refractivity contribution is -0.384. The Balaban J connectivity index is 1.58. The summed E-state index contributed by atoms with van der Waals surface area (Å²) in [7, 11) is 0. The number of H-pyrrole nitrogens is 1. The maximum Gasteiger partial charge on any atom is 0.269 e. The third kappa shape index (κ3) is 3.02. The first kappa shape index (κ1) is 13.2. The number of ether oxygens (including phenoxy) is 1. The van der Waals surface area contributed by atoms with Crippen LogP contribution in [0.1, 0.15) is 5.56 Å². The van der Waals surface area contributed by atoms with Crippen molar-refractivity contribution in [2.24, 2.45) is 0 Å². The molecule has 0 amide bonds. The average molecular weight is 282 g/mol. The Morgan fingerprint density at radius 1 is 1.10 bits per heavy atom. The summed E-state index contributed by atoms with van der Waals surface area (Å²) in [5, 5.41) is 11.7. The second-order valence-corrected chi connectivity index (χ2v) is 4.75. The topological polar surface area (TPSA) is 68.2 Å². The maximum absolute atomic E-state index is 10.6. The molecular weight excluding hydrogens is 268 g/mol. The van der Waals surface area contributed by atoms with E-state index in [1.54, 1.807) is 12.1 Å². The molecule has 0 aliphatic carbocycles. The van der Waals surface area contributed by atoms with Crippen LogP contribution in [0.5, 0.6) is 5.75 Å². The van der Waals surface area contributed by atoms with Gasteiger partial charge in [0, 0.05) is 35.7 Å². The standard InChI is InChI=1S/C16H14N2O3/c19-18(20)14-3-1-12(2-4-14)8-10-21-15-5-6-16-13(11-15)7-9-17-16/h1-7,9,11,17H,8,10H2. The second kappa shape index (κ2) is 5.66. The number of nitrogens with zero attached hydrogens (tertiary/aromatic N) is 1. The lowest BCUT2D eigenvalue weighted by atomic mass is 10.1. The second-order valence-electron chi connectivity index (χ2n) is 4.75. The fourth-order valence-electron chi connectivity index (χ4n) is 2.19. The Kier molecular flexibility index (Phi) is 3.55. The van der Waals surface area contributed by atoms with Crippen LogP contribution >= 0.6 is 0 Å². The molecule has 0 spiro atoms. The minimum absolute atomic E-state index is 0.109. The van der Waals surface area contributed by atoms with Gasteiger partial charge in [0.2, 0.25) is 0 Å². The van der Waals surface area contributed by atoms with E-state index >= 15 is 0 Å². The first-order chi connectivity index (χ1) is 10.2. The number of rotatable bonds is 5. The van der Waals surface area contributed by atoms with Gasteiger partial charge in [-0.25, -0.2) is 0 Å². The van der Waals surface area contributed by atoms with Crippen LogP contribution in [0.15, 0.2) is 54.7 Å². The summed E-state index contributed by atoms with van der Waals surface area (Å²) in [6, 6.07) is 14.4. The molecule has 0 saturated carbocycles. The van der Waals surface area contributed by atoms with Crippen LogP contribution in [0, 0.1) is 10.1 Å². The number of hydrogen-bond donors (Lipinski definition) is 1. The minimum atomic E-state index is -0.396. The predicted octanol–water partition coefficient (Wildman–Crippen LogP) is 3.70. The van der Waals surface area contributed by atoms with Crippen molar-refractivity contribution in [3.8, 4) is 5.75 Å². The molecule has 1 heterocycles. The normalized spacial score (nSPS) is 10.7. The smallest absolute Gasteiger partial charge is 0.269 e. The van der Waals surface area contributed by atoms with E-state index in [4.69, 9.17) is 4.74 Å². The summed E-state index contributed by atoms with van der Waals surface area (Å²) in [5.74, 6) is 0.823. The Labute approximate surface area is 121 Å². The van der Waals surface area contributed by atoms with Crippen molar-refractivity contribution in [3.63, 3.8) is 0 Å². The summed E-state index contributed by atoms with van der Waals surface area (Å²) >= 11 is 0. The van der Waals surface area contributed by atoms with Crippen LogP contribution in [-0.4, -0.2) is 16.5 Å². The summed E-state index contributed by atoms with van der Waals surface area (Å²) in [5.41, 5.74) is 2.21. The molecule has 1 aromatic heterocycles.